The van der Waals surface area contributed by atoms with Gasteiger partial charge in [0.25, 0.3) is 5.91 Å². The van der Waals surface area contributed by atoms with Crippen LogP contribution in [-0.2, 0) is 4.79 Å². The minimum Gasteiger partial charge on any atom is -0.496 e. The normalized spacial score (nSPS) is 15.1. The number of hydrogen-bond acceptors (Lipinski definition) is 3. The van der Waals surface area contributed by atoms with Gasteiger partial charge in [-0.1, -0.05) is 30.3 Å². The SMILES string of the molecule is COc1ccccc1C(=O)N1CCC(=O)N(c2ccccc2)CC1. The molecule has 1 aliphatic heterocycles. The van der Waals surface area contributed by atoms with Crippen LogP contribution in [0.15, 0.2) is 54.6 Å². The molecule has 1 fully saturated rings. The third kappa shape index (κ3) is 3.25. The summed E-state index contributed by atoms with van der Waals surface area (Å²) in [6, 6.07) is 16.7. The molecule has 0 atom stereocenters. The summed E-state index contributed by atoms with van der Waals surface area (Å²) in [4.78, 5) is 28.7. The van der Waals surface area contributed by atoms with Crippen molar-refractivity contribution in [3.05, 3.63) is 60.2 Å². The van der Waals surface area contributed by atoms with E-state index < -0.39 is 0 Å². The van der Waals surface area contributed by atoms with Gasteiger partial charge in [0.2, 0.25) is 5.91 Å². The Hall–Kier alpha value is -2.82. The van der Waals surface area contributed by atoms with Gasteiger partial charge in [-0.05, 0) is 24.3 Å². The van der Waals surface area contributed by atoms with Gasteiger partial charge in [-0.3, -0.25) is 9.59 Å². The first kappa shape index (κ1) is 16.1. The first-order valence-electron chi connectivity index (χ1n) is 7.98. The smallest absolute Gasteiger partial charge is 0.257 e. The van der Waals surface area contributed by atoms with E-state index in [4.69, 9.17) is 4.74 Å². The second kappa shape index (κ2) is 7.17. The van der Waals surface area contributed by atoms with E-state index in [1.54, 1.807) is 29.0 Å². The number of carbonyl (C=O) groups excluding carboxylic acids is 2. The Morgan fingerprint density at radius 3 is 2.42 bits per heavy atom. The number of rotatable bonds is 3. The van der Waals surface area contributed by atoms with Crippen LogP contribution >= 0.6 is 0 Å². The van der Waals surface area contributed by atoms with Crippen molar-refractivity contribution in [3.8, 4) is 5.75 Å². The maximum Gasteiger partial charge on any atom is 0.257 e. The predicted octanol–water partition coefficient (Wildman–Crippen LogP) is 2.57. The summed E-state index contributed by atoms with van der Waals surface area (Å²) in [6.45, 7) is 1.40. The van der Waals surface area contributed by atoms with Gasteiger partial charge in [0.05, 0.1) is 12.7 Å². The number of carbonyl (C=O) groups is 2. The van der Waals surface area contributed by atoms with Gasteiger partial charge < -0.3 is 14.5 Å². The molecule has 0 N–H and O–H groups in total. The highest BCUT2D eigenvalue weighted by molar-refractivity contribution is 5.98. The summed E-state index contributed by atoms with van der Waals surface area (Å²) in [5.74, 6) is 0.490. The molecule has 2 aromatic carbocycles. The Balaban J connectivity index is 1.78. The maximum absolute atomic E-state index is 12.8. The van der Waals surface area contributed by atoms with Crippen molar-refractivity contribution >= 4 is 17.5 Å². The molecule has 2 amide bonds. The molecule has 0 saturated carbocycles. The minimum absolute atomic E-state index is 0.0385. The molecule has 0 aliphatic carbocycles. The third-order valence-electron chi connectivity index (χ3n) is 4.18. The lowest BCUT2D eigenvalue weighted by Gasteiger charge is -2.23. The molecular weight excluding hydrogens is 304 g/mol. The molecule has 1 aliphatic rings. The molecule has 0 radical (unpaired) electrons. The van der Waals surface area contributed by atoms with E-state index in [0.29, 0.717) is 37.4 Å². The number of nitrogens with zero attached hydrogens (tertiary/aromatic N) is 2. The minimum atomic E-state index is -0.102. The maximum atomic E-state index is 12.8. The van der Waals surface area contributed by atoms with Crippen LogP contribution < -0.4 is 9.64 Å². The van der Waals surface area contributed by atoms with Crippen LogP contribution in [0.5, 0.6) is 5.75 Å². The molecule has 3 rings (SSSR count). The molecule has 1 saturated heterocycles. The number of amides is 2. The molecule has 5 nitrogen and oxygen atoms in total. The van der Waals surface area contributed by atoms with Crippen LogP contribution in [-0.4, -0.2) is 43.5 Å². The van der Waals surface area contributed by atoms with E-state index in [-0.39, 0.29) is 11.8 Å². The van der Waals surface area contributed by atoms with Crippen molar-refractivity contribution in [1.29, 1.82) is 0 Å². The standard InChI is InChI=1S/C19H20N2O3/c1-24-17-10-6-5-9-16(17)19(23)20-12-11-18(22)21(14-13-20)15-7-3-2-4-8-15/h2-10H,11-14H2,1H3. The fraction of sp³-hybridized carbons (Fsp3) is 0.263. The number of para-hydroxylation sites is 2. The molecular formula is C19H20N2O3. The highest BCUT2D eigenvalue weighted by Crippen LogP contribution is 2.22. The number of ether oxygens (including phenoxy) is 1. The summed E-state index contributed by atoms with van der Waals surface area (Å²) in [6.07, 6.45) is 0.315. The summed E-state index contributed by atoms with van der Waals surface area (Å²) < 4.78 is 5.28. The van der Waals surface area contributed by atoms with Crippen molar-refractivity contribution in [1.82, 2.24) is 4.90 Å². The lowest BCUT2D eigenvalue weighted by Crippen LogP contribution is -2.36. The number of methoxy groups -OCH3 is 1. The Kier molecular flexibility index (Phi) is 4.79. The van der Waals surface area contributed by atoms with Gasteiger partial charge in [-0.2, -0.15) is 0 Å². The Morgan fingerprint density at radius 2 is 1.67 bits per heavy atom. The van der Waals surface area contributed by atoms with E-state index in [2.05, 4.69) is 0 Å². The average molecular weight is 324 g/mol. The molecule has 0 aromatic heterocycles. The predicted molar refractivity (Wildman–Crippen MR) is 92.3 cm³/mol. The van der Waals surface area contributed by atoms with Gasteiger partial charge in [0, 0.05) is 31.7 Å². The molecule has 2 aromatic rings. The van der Waals surface area contributed by atoms with Crippen molar-refractivity contribution < 1.29 is 14.3 Å². The highest BCUT2D eigenvalue weighted by Gasteiger charge is 2.26. The molecule has 0 bridgehead atoms. The van der Waals surface area contributed by atoms with Crippen LogP contribution in [0.1, 0.15) is 16.8 Å². The summed E-state index contributed by atoms with van der Waals surface area (Å²) in [5.41, 5.74) is 1.40. The topological polar surface area (TPSA) is 49.9 Å². The van der Waals surface area contributed by atoms with Crippen molar-refractivity contribution in [2.45, 2.75) is 6.42 Å². The molecule has 124 valence electrons. The zero-order chi connectivity index (χ0) is 16.9. The van der Waals surface area contributed by atoms with Gasteiger partial charge in [0.15, 0.2) is 0 Å². The summed E-state index contributed by atoms with van der Waals surface area (Å²) in [5, 5.41) is 0. The van der Waals surface area contributed by atoms with Crippen LogP contribution in [0.4, 0.5) is 5.69 Å². The molecule has 24 heavy (non-hydrogen) atoms. The Morgan fingerprint density at radius 1 is 0.958 bits per heavy atom. The number of benzene rings is 2. The average Bonchev–Trinajstić information content (AvgIpc) is 2.83. The Labute approximate surface area is 141 Å². The van der Waals surface area contributed by atoms with Gasteiger partial charge in [-0.15, -0.1) is 0 Å². The fourth-order valence-electron chi connectivity index (χ4n) is 2.90. The molecule has 0 unspecified atom stereocenters. The zero-order valence-electron chi connectivity index (χ0n) is 13.6. The monoisotopic (exact) mass is 324 g/mol. The van der Waals surface area contributed by atoms with Crippen LogP contribution in [0.2, 0.25) is 0 Å². The second-order valence-electron chi connectivity index (χ2n) is 5.62. The summed E-state index contributed by atoms with van der Waals surface area (Å²) >= 11 is 0. The largest absolute Gasteiger partial charge is 0.496 e. The lowest BCUT2D eigenvalue weighted by molar-refractivity contribution is -0.118. The third-order valence-corrected chi connectivity index (χ3v) is 4.18. The van der Waals surface area contributed by atoms with Crippen molar-refractivity contribution in [3.63, 3.8) is 0 Å². The molecule has 0 spiro atoms. The number of anilines is 1. The first-order valence-corrected chi connectivity index (χ1v) is 7.98. The van der Waals surface area contributed by atoms with Gasteiger partial charge >= 0.3 is 0 Å². The molecule has 5 heteroatoms. The van der Waals surface area contributed by atoms with E-state index >= 15 is 0 Å². The molecule has 1 heterocycles. The zero-order valence-corrected chi connectivity index (χ0v) is 13.6. The van der Waals surface area contributed by atoms with Crippen LogP contribution in [0.25, 0.3) is 0 Å². The van der Waals surface area contributed by atoms with E-state index in [9.17, 15) is 9.59 Å². The van der Waals surface area contributed by atoms with Crippen LogP contribution in [0.3, 0.4) is 0 Å². The van der Waals surface area contributed by atoms with Crippen molar-refractivity contribution in [2.24, 2.45) is 0 Å². The van der Waals surface area contributed by atoms with Gasteiger partial charge in [-0.25, -0.2) is 0 Å². The highest BCUT2D eigenvalue weighted by atomic mass is 16.5. The second-order valence-corrected chi connectivity index (χ2v) is 5.62. The van der Waals surface area contributed by atoms with Crippen LogP contribution in [0, 0.1) is 0 Å². The fourth-order valence-corrected chi connectivity index (χ4v) is 2.90. The Bertz CT molecular complexity index is 730. The van der Waals surface area contributed by atoms with E-state index in [1.165, 1.54) is 0 Å². The first-order chi connectivity index (χ1) is 11.7. The number of hydrogen-bond donors (Lipinski definition) is 0. The van der Waals surface area contributed by atoms with Gasteiger partial charge in [0.1, 0.15) is 5.75 Å². The van der Waals surface area contributed by atoms with E-state index in [0.717, 1.165) is 5.69 Å². The van der Waals surface area contributed by atoms with Crippen molar-refractivity contribution in [2.75, 3.05) is 31.6 Å². The lowest BCUT2D eigenvalue weighted by atomic mass is 10.1. The summed E-state index contributed by atoms with van der Waals surface area (Å²) in [7, 11) is 1.55. The quantitative estimate of drug-likeness (QED) is 0.872. The van der Waals surface area contributed by atoms with E-state index in [1.807, 2.05) is 42.5 Å².